The molecule has 0 saturated carbocycles. The number of hydrogen-bond acceptors (Lipinski definition) is 3. The summed E-state index contributed by atoms with van der Waals surface area (Å²) in [4.78, 5) is 4.21. The first kappa shape index (κ1) is 13.6. The standard InChI is InChI=1S/C16H20N2O/c1-4-15(17-3)13-7-9-14(10-8-13)19-16-6-5-11-18-12(16)2/h5-11,15,17H,4H2,1-3H3. The molecule has 1 atom stereocenters. The zero-order valence-corrected chi connectivity index (χ0v) is 11.7. The van der Waals surface area contributed by atoms with Gasteiger partial charge in [0, 0.05) is 12.2 Å². The summed E-state index contributed by atoms with van der Waals surface area (Å²) in [5, 5.41) is 3.30. The van der Waals surface area contributed by atoms with Crippen molar-refractivity contribution >= 4 is 0 Å². The quantitative estimate of drug-likeness (QED) is 0.882. The van der Waals surface area contributed by atoms with Crippen LogP contribution in [0.1, 0.15) is 30.6 Å². The molecule has 0 spiro atoms. The van der Waals surface area contributed by atoms with Crippen LogP contribution in [0.2, 0.25) is 0 Å². The maximum atomic E-state index is 5.83. The molecule has 1 aromatic carbocycles. The third-order valence-corrected chi connectivity index (χ3v) is 3.23. The van der Waals surface area contributed by atoms with E-state index in [-0.39, 0.29) is 0 Å². The molecule has 1 heterocycles. The van der Waals surface area contributed by atoms with Crippen molar-refractivity contribution in [2.45, 2.75) is 26.3 Å². The predicted molar refractivity (Wildman–Crippen MR) is 77.6 cm³/mol. The van der Waals surface area contributed by atoms with Crippen LogP contribution < -0.4 is 10.1 Å². The van der Waals surface area contributed by atoms with Gasteiger partial charge in [-0.15, -0.1) is 0 Å². The summed E-state index contributed by atoms with van der Waals surface area (Å²) in [5.41, 5.74) is 2.17. The van der Waals surface area contributed by atoms with Gasteiger partial charge in [-0.1, -0.05) is 19.1 Å². The molecule has 1 N–H and O–H groups in total. The Kier molecular flexibility index (Phi) is 4.53. The van der Waals surface area contributed by atoms with E-state index in [0.717, 1.165) is 23.6 Å². The molecular formula is C16H20N2O. The largest absolute Gasteiger partial charge is 0.455 e. The van der Waals surface area contributed by atoms with Crippen LogP contribution >= 0.6 is 0 Å². The maximum Gasteiger partial charge on any atom is 0.148 e. The highest BCUT2D eigenvalue weighted by Crippen LogP contribution is 2.25. The Morgan fingerprint density at radius 1 is 1.21 bits per heavy atom. The molecule has 0 saturated heterocycles. The van der Waals surface area contributed by atoms with E-state index in [4.69, 9.17) is 4.74 Å². The van der Waals surface area contributed by atoms with Crippen molar-refractivity contribution in [3.05, 3.63) is 53.9 Å². The molecule has 19 heavy (non-hydrogen) atoms. The molecule has 3 heteroatoms. The SMILES string of the molecule is CCC(NC)c1ccc(Oc2cccnc2C)cc1. The molecule has 3 nitrogen and oxygen atoms in total. The zero-order valence-electron chi connectivity index (χ0n) is 11.7. The van der Waals surface area contributed by atoms with Crippen LogP contribution in [-0.2, 0) is 0 Å². The van der Waals surface area contributed by atoms with Crippen LogP contribution in [0.15, 0.2) is 42.6 Å². The van der Waals surface area contributed by atoms with E-state index in [1.807, 2.05) is 38.2 Å². The fourth-order valence-electron chi connectivity index (χ4n) is 2.08. The summed E-state index contributed by atoms with van der Waals surface area (Å²) in [5.74, 6) is 1.64. The average Bonchev–Trinajstić information content (AvgIpc) is 2.44. The van der Waals surface area contributed by atoms with Crippen molar-refractivity contribution in [2.75, 3.05) is 7.05 Å². The third-order valence-electron chi connectivity index (χ3n) is 3.23. The van der Waals surface area contributed by atoms with Crippen LogP contribution in [0, 0.1) is 6.92 Å². The fraction of sp³-hybridized carbons (Fsp3) is 0.312. The van der Waals surface area contributed by atoms with E-state index in [1.54, 1.807) is 6.20 Å². The number of nitrogens with one attached hydrogen (secondary N) is 1. The Morgan fingerprint density at radius 3 is 2.53 bits per heavy atom. The van der Waals surface area contributed by atoms with Crippen LogP contribution in [0.3, 0.4) is 0 Å². The van der Waals surface area contributed by atoms with Crippen molar-refractivity contribution in [1.29, 1.82) is 0 Å². The van der Waals surface area contributed by atoms with Crippen LogP contribution in [0.25, 0.3) is 0 Å². The lowest BCUT2D eigenvalue weighted by Crippen LogP contribution is -2.14. The van der Waals surface area contributed by atoms with E-state index >= 15 is 0 Å². The highest BCUT2D eigenvalue weighted by Gasteiger charge is 2.07. The first-order valence-electron chi connectivity index (χ1n) is 6.61. The summed E-state index contributed by atoms with van der Waals surface area (Å²) in [6.07, 6.45) is 2.84. The van der Waals surface area contributed by atoms with E-state index in [0.29, 0.717) is 6.04 Å². The number of ether oxygens (including phenoxy) is 1. The van der Waals surface area contributed by atoms with E-state index in [1.165, 1.54) is 5.56 Å². The Bertz CT molecular complexity index is 519. The smallest absolute Gasteiger partial charge is 0.148 e. The Hall–Kier alpha value is -1.87. The normalized spacial score (nSPS) is 12.2. The van der Waals surface area contributed by atoms with Gasteiger partial charge in [-0.25, -0.2) is 0 Å². The molecule has 100 valence electrons. The van der Waals surface area contributed by atoms with Gasteiger partial charge < -0.3 is 10.1 Å². The van der Waals surface area contributed by atoms with E-state index < -0.39 is 0 Å². The van der Waals surface area contributed by atoms with Gasteiger partial charge in [0.2, 0.25) is 0 Å². The van der Waals surface area contributed by atoms with Gasteiger partial charge in [0.15, 0.2) is 0 Å². The molecule has 0 amide bonds. The van der Waals surface area contributed by atoms with Gasteiger partial charge in [-0.2, -0.15) is 0 Å². The van der Waals surface area contributed by atoms with Crippen molar-refractivity contribution in [2.24, 2.45) is 0 Å². The fourth-order valence-corrected chi connectivity index (χ4v) is 2.08. The van der Waals surface area contributed by atoms with Gasteiger partial charge in [0.05, 0.1) is 5.69 Å². The number of pyridine rings is 1. The van der Waals surface area contributed by atoms with E-state index in [2.05, 4.69) is 29.4 Å². The molecule has 1 aromatic heterocycles. The predicted octanol–water partition coefficient (Wildman–Crippen LogP) is 3.85. The van der Waals surface area contributed by atoms with Gasteiger partial charge in [-0.3, -0.25) is 4.98 Å². The number of aryl methyl sites for hydroxylation is 1. The Morgan fingerprint density at radius 2 is 1.95 bits per heavy atom. The molecule has 0 aliphatic heterocycles. The minimum Gasteiger partial charge on any atom is -0.455 e. The summed E-state index contributed by atoms with van der Waals surface area (Å²) in [6.45, 7) is 4.11. The second-order valence-corrected chi connectivity index (χ2v) is 4.51. The lowest BCUT2D eigenvalue weighted by molar-refractivity contribution is 0.475. The first-order chi connectivity index (χ1) is 9.24. The summed E-state index contributed by atoms with van der Waals surface area (Å²) in [7, 11) is 1.98. The highest BCUT2D eigenvalue weighted by atomic mass is 16.5. The second kappa shape index (κ2) is 6.34. The molecule has 0 fully saturated rings. The molecule has 1 unspecified atom stereocenters. The molecule has 2 rings (SSSR count). The molecule has 0 aliphatic rings. The lowest BCUT2D eigenvalue weighted by atomic mass is 10.0. The number of aromatic nitrogens is 1. The van der Waals surface area contributed by atoms with Crippen LogP contribution in [0.5, 0.6) is 11.5 Å². The topological polar surface area (TPSA) is 34.1 Å². The maximum absolute atomic E-state index is 5.83. The van der Waals surface area contributed by atoms with Crippen molar-refractivity contribution in [1.82, 2.24) is 10.3 Å². The summed E-state index contributed by atoms with van der Waals surface area (Å²) in [6, 6.07) is 12.4. The Labute approximate surface area is 114 Å². The highest BCUT2D eigenvalue weighted by molar-refractivity contribution is 5.35. The molecule has 0 aliphatic carbocycles. The first-order valence-corrected chi connectivity index (χ1v) is 6.61. The Balaban J connectivity index is 2.13. The minimum atomic E-state index is 0.397. The van der Waals surface area contributed by atoms with Gasteiger partial charge >= 0.3 is 0 Å². The van der Waals surface area contributed by atoms with Gasteiger partial charge in [0.25, 0.3) is 0 Å². The number of nitrogens with zero attached hydrogens (tertiary/aromatic N) is 1. The monoisotopic (exact) mass is 256 g/mol. The number of rotatable bonds is 5. The number of hydrogen-bond donors (Lipinski definition) is 1. The molecular weight excluding hydrogens is 236 g/mol. The van der Waals surface area contributed by atoms with Crippen molar-refractivity contribution in [3.63, 3.8) is 0 Å². The van der Waals surface area contributed by atoms with Gasteiger partial charge in [-0.05, 0) is 50.2 Å². The van der Waals surface area contributed by atoms with E-state index in [9.17, 15) is 0 Å². The van der Waals surface area contributed by atoms with Crippen molar-refractivity contribution in [3.8, 4) is 11.5 Å². The zero-order chi connectivity index (χ0) is 13.7. The summed E-state index contributed by atoms with van der Waals surface area (Å²) < 4.78 is 5.83. The average molecular weight is 256 g/mol. The lowest BCUT2D eigenvalue weighted by Gasteiger charge is -2.15. The van der Waals surface area contributed by atoms with Gasteiger partial charge in [0.1, 0.15) is 11.5 Å². The van der Waals surface area contributed by atoms with Crippen LogP contribution in [-0.4, -0.2) is 12.0 Å². The molecule has 0 bridgehead atoms. The van der Waals surface area contributed by atoms with Crippen LogP contribution in [0.4, 0.5) is 0 Å². The molecule has 0 radical (unpaired) electrons. The second-order valence-electron chi connectivity index (χ2n) is 4.51. The number of benzene rings is 1. The summed E-state index contributed by atoms with van der Waals surface area (Å²) >= 11 is 0. The van der Waals surface area contributed by atoms with Crippen molar-refractivity contribution < 1.29 is 4.74 Å². The minimum absolute atomic E-state index is 0.397. The third kappa shape index (κ3) is 3.32. The molecule has 2 aromatic rings.